The minimum absolute atomic E-state index is 0.146. The number of nitrogens with zero attached hydrogens (tertiary/aromatic N) is 2. The van der Waals surface area contributed by atoms with Gasteiger partial charge in [-0.05, 0) is 46.6 Å². The SMILES string of the molecule is Cc1c(C(=O)Nc2ccc(Br)cc2Br)sc2ncn(C)c(=O)c12. The number of hydrogen-bond acceptors (Lipinski definition) is 4. The van der Waals surface area contributed by atoms with Gasteiger partial charge in [-0.3, -0.25) is 9.59 Å². The molecule has 0 saturated carbocycles. The average molecular weight is 457 g/mol. The van der Waals surface area contributed by atoms with Gasteiger partial charge in [0.05, 0.1) is 22.3 Å². The Kier molecular flexibility index (Phi) is 4.39. The number of carbonyl (C=O) groups is 1. The van der Waals surface area contributed by atoms with Crippen molar-refractivity contribution in [2.75, 3.05) is 5.32 Å². The highest BCUT2D eigenvalue weighted by Gasteiger charge is 2.19. The van der Waals surface area contributed by atoms with E-state index in [1.807, 2.05) is 12.1 Å². The minimum atomic E-state index is -0.254. The molecule has 3 aromatic rings. The van der Waals surface area contributed by atoms with Gasteiger partial charge >= 0.3 is 0 Å². The van der Waals surface area contributed by atoms with E-state index in [1.165, 1.54) is 22.2 Å². The summed E-state index contributed by atoms with van der Waals surface area (Å²) in [6.45, 7) is 1.77. The van der Waals surface area contributed by atoms with Crippen molar-refractivity contribution in [3.05, 3.63) is 54.3 Å². The molecule has 0 aliphatic rings. The van der Waals surface area contributed by atoms with Crippen LogP contribution >= 0.6 is 43.2 Å². The van der Waals surface area contributed by atoms with E-state index in [-0.39, 0.29) is 11.5 Å². The molecule has 5 nitrogen and oxygen atoms in total. The molecule has 23 heavy (non-hydrogen) atoms. The molecule has 3 rings (SSSR count). The van der Waals surface area contributed by atoms with Crippen molar-refractivity contribution in [2.24, 2.45) is 7.05 Å². The van der Waals surface area contributed by atoms with E-state index < -0.39 is 0 Å². The number of rotatable bonds is 2. The van der Waals surface area contributed by atoms with E-state index >= 15 is 0 Å². The molecule has 1 N–H and O–H groups in total. The predicted molar refractivity (Wildman–Crippen MR) is 99.4 cm³/mol. The quantitative estimate of drug-likeness (QED) is 0.631. The Morgan fingerprint density at radius 3 is 2.78 bits per heavy atom. The number of halogens is 2. The summed E-state index contributed by atoms with van der Waals surface area (Å²) in [5.74, 6) is -0.254. The molecule has 0 atom stereocenters. The summed E-state index contributed by atoms with van der Waals surface area (Å²) in [6, 6.07) is 5.49. The number of thiophene rings is 1. The number of aryl methyl sites for hydroxylation is 2. The fourth-order valence-electron chi connectivity index (χ4n) is 2.20. The van der Waals surface area contributed by atoms with Gasteiger partial charge in [0, 0.05) is 16.0 Å². The first-order chi connectivity index (χ1) is 10.9. The summed E-state index contributed by atoms with van der Waals surface area (Å²) in [4.78, 5) is 30.1. The third-order valence-electron chi connectivity index (χ3n) is 3.40. The van der Waals surface area contributed by atoms with Gasteiger partial charge in [-0.1, -0.05) is 15.9 Å². The van der Waals surface area contributed by atoms with Gasteiger partial charge in [0.2, 0.25) is 0 Å². The number of aromatic nitrogens is 2. The summed E-state index contributed by atoms with van der Waals surface area (Å²) in [6.07, 6.45) is 1.47. The lowest BCUT2D eigenvalue weighted by Gasteiger charge is -2.07. The van der Waals surface area contributed by atoms with E-state index in [4.69, 9.17) is 0 Å². The largest absolute Gasteiger partial charge is 0.320 e. The molecule has 0 aliphatic heterocycles. The zero-order valence-electron chi connectivity index (χ0n) is 12.2. The highest BCUT2D eigenvalue weighted by molar-refractivity contribution is 9.11. The van der Waals surface area contributed by atoms with E-state index in [1.54, 1.807) is 20.0 Å². The Morgan fingerprint density at radius 1 is 1.35 bits per heavy atom. The van der Waals surface area contributed by atoms with Gasteiger partial charge in [0.1, 0.15) is 4.83 Å². The van der Waals surface area contributed by atoms with E-state index in [2.05, 4.69) is 42.2 Å². The molecule has 0 saturated heterocycles. The van der Waals surface area contributed by atoms with Crippen molar-refractivity contribution in [2.45, 2.75) is 6.92 Å². The second-order valence-electron chi connectivity index (χ2n) is 4.98. The van der Waals surface area contributed by atoms with Gasteiger partial charge in [-0.25, -0.2) is 4.98 Å². The molecule has 1 aromatic carbocycles. The van der Waals surface area contributed by atoms with Gasteiger partial charge in [0.15, 0.2) is 0 Å². The Hall–Kier alpha value is -1.51. The molecule has 0 fully saturated rings. The van der Waals surface area contributed by atoms with Crippen LogP contribution in [0.2, 0.25) is 0 Å². The van der Waals surface area contributed by atoms with Gasteiger partial charge in [-0.2, -0.15) is 0 Å². The fourth-order valence-corrected chi connectivity index (χ4v) is 4.38. The second-order valence-corrected chi connectivity index (χ2v) is 7.74. The van der Waals surface area contributed by atoms with Crippen LogP contribution in [-0.4, -0.2) is 15.5 Å². The van der Waals surface area contributed by atoms with E-state index in [9.17, 15) is 9.59 Å². The number of anilines is 1. The number of hydrogen-bond donors (Lipinski definition) is 1. The Balaban J connectivity index is 2.03. The topological polar surface area (TPSA) is 64.0 Å². The van der Waals surface area contributed by atoms with Crippen molar-refractivity contribution in [3.8, 4) is 0 Å². The molecule has 0 aliphatic carbocycles. The lowest BCUT2D eigenvalue weighted by atomic mass is 10.2. The van der Waals surface area contributed by atoms with Crippen LogP contribution in [0.15, 0.2) is 38.3 Å². The zero-order valence-corrected chi connectivity index (χ0v) is 16.2. The third-order valence-corrected chi connectivity index (χ3v) is 5.74. The molecule has 0 unspecified atom stereocenters. The van der Waals surface area contributed by atoms with Crippen molar-refractivity contribution in [3.63, 3.8) is 0 Å². The molecule has 0 spiro atoms. The Bertz CT molecular complexity index is 994. The average Bonchev–Trinajstić information content (AvgIpc) is 2.84. The molecular weight excluding hydrogens is 446 g/mol. The van der Waals surface area contributed by atoms with Gasteiger partial charge in [0.25, 0.3) is 11.5 Å². The summed E-state index contributed by atoms with van der Waals surface area (Å²) in [7, 11) is 1.64. The van der Waals surface area contributed by atoms with Gasteiger partial charge < -0.3 is 9.88 Å². The second kappa shape index (κ2) is 6.18. The molecular formula is C15H11Br2N3O2S. The molecule has 2 aromatic heterocycles. The van der Waals surface area contributed by atoms with Crippen LogP contribution in [0.4, 0.5) is 5.69 Å². The lowest BCUT2D eigenvalue weighted by molar-refractivity contribution is 0.103. The maximum absolute atomic E-state index is 12.6. The van der Waals surface area contributed by atoms with Crippen LogP contribution in [0.5, 0.6) is 0 Å². The normalized spacial score (nSPS) is 11.0. The third kappa shape index (κ3) is 2.98. The Labute approximate surface area is 152 Å². The molecule has 2 heterocycles. The van der Waals surface area contributed by atoms with Crippen LogP contribution in [0.3, 0.4) is 0 Å². The smallest absolute Gasteiger partial charge is 0.266 e. The van der Waals surface area contributed by atoms with Crippen molar-refractivity contribution in [1.29, 1.82) is 0 Å². The summed E-state index contributed by atoms with van der Waals surface area (Å²) < 4.78 is 3.09. The number of amides is 1. The van der Waals surface area contributed by atoms with E-state index in [0.717, 1.165) is 8.95 Å². The molecule has 1 amide bonds. The van der Waals surface area contributed by atoms with Gasteiger partial charge in [-0.15, -0.1) is 11.3 Å². The summed E-state index contributed by atoms with van der Waals surface area (Å²) >= 11 is 8.01. The first-order valence-corrected chi connectivity index (χ1v) is 9.00. The maximum Gasteiger partial charge on any atom is 0.266 e. The maximum atomic E-state index is 12.6. The highest BCUT2D eigenvalue weighted by Crippen LogP contribution is 2.30. The molecule has 0 bridgehead atoms. The number of nitrogens with one attached hydrogen (secondary N) is 1. The van der Waals surface area contributed by atoms with Crippen molar-refractivity contribution in [1.82, 2.24) is 9.55 Å². The van der Waals surface area contributed by atoms with Crippen LogP contribution in [0.1, 0.15) is 15.2 Å². The zero-order chi connectivity index (χ0) is 16.7. The fraction of sp³-hybridized carbons (Fsp3) is 0.133. The van der Waals surface area contributed by atoms with Crippen molar-refractivity contribution >= 4 is 65.0 Å². The van der Waals surface area contributed by atoms with Crippen LogP contribution < -0.4 is 10.9 Å². The van der Waals surface area contributed by atoms with Crippen LogP contribution in [0.25, 0.3) is 10.2 Å². The lowest BCUT2D eigenvalue weighted by Crippen LogP contribution is -2.17. The van der Waals surface area contributed by atoms with Crippen LogP contribution in [-0.2, 0) is 7.05 Å². The molecule has 8 heteroatoms. The molecule has 118 valence electrons. The number of benzene rings is 1. The molecule has 0 radical (unpaired) electrons. The standard InChI is InChI=1S/C15H11Br2N3O2S/c1-7-11-14(18-6-20(2)15(11)22)23-12(7)13(21)19-10-4-3-8(16)5-9(10)17/h3-6H,1-2H3,(H,19,21). The monoisotopic (exact) mass is 455 g/mol. The van der Waals surface area contributed by atoms with E-state index in [0.29, 0.717) is 26.3 Å². The first kappa shape index (κ1) is 16.4. The van der Waals surface area contributed by atoms with Crippen molar-refractivity contribution < 1.29 is 4.79 Å². The minimum Gasteiger partial charge on any atom is -0.320 e. The first-order valence-electron chi connectivity index (χ1n) is 6.59. The van der Waals surface area contributed by atoms with Crippen LogP contribution in [0, 0.1) is 6.92 Å². The highest BCUT2D eigenvalue weighted by atomic mass is 79.9. The summed E-state index contributed by atoms with van der Waals surface area (Å²) in [5, 5.41) is 3.36. The summed E-state index contributed by atoms with van der Waals surface area (Å²) in [5.41, 5.74) is 1.17. The number of fused-ring (bicyclic) bond motifs is 1. The Morgan fingerprint density at radius 2 is 2.09 bits per heavy atom. The predicted octanol–water partition coefficient (Wildman–Crippen LogP) is 4.08. The number of carbonyl (C=O) groups excluding carboxylic acids is 1.